The third-order valence-electron chi connectivity index (χ3n) is 2.53. The summed E-state index contributed by atoms with van der Waals surface area (Å²) in [6.45, 7) is 1.86. The van der Waals surface area contributed by atoms with Crippen LogP contribution in [0.2, 0.25) is 0 Å². The Morgan fingerprint density at radius 1 is 1.28 bits per heavy atom. The van der Waals surface area contributed by atoms with E-state index in [4.69, 9.17) is 5.73 Å². The van der Waals surface area contributed by atoms with Crippen molar-refractivity contribution >= 4 is 11.3 Å². The molecular formula is C12H11F3N2S. The van der Waals surface area contributed by atoms with Crippen molar-refractivity contribution in [3.05, 3.63) is 51.2 Å². The Labute approximate surface area is 106 Å². The summed E-state index contributed by atoms with van der Waals surface area (Å²) >= 11 is 1.48. The van der Waals surface area contributed by atoms with Crippen molar-refractivity contribution in [2.45, 2.75) is 19.4 Å². The molecule has 18 heavy (non-hydrogen) atoms. The van der Waals surface area contributed by atoms with E-state index in [1.54, 1.807) is 0 Å². The van der Waals surface area contributed by atoms with E-state index in [0.29, 0.717) is 6.42 Å². The second-order valence-corrected chi connectivity index (χ2v) is 5.03. The van der Waals surface area contributed by atoms with Gasteiger partial charge in [0.1, 0.15) is 0 Å². The largest absolute Gasteiger partial charge is 0.324 e. The van der Waals surface area contributed by atoms with Crippen LogP contribution in [0.1, 0.15) is 22.3 Å². The number of nitrogens with zero attached hydrogens (tertiary/aromatic N) is 1. The van der Waals surface area contributed by atoms with E-state index in [9.17, 15) is 13.2 Å². The summed E-state index contributed by atoms with van der Waals surface area (Å²) in [5.74, 6) is -3.93. The molecule has 6 heteroatoms. The standard InChI is InChI=1S/C12H11F3N2S/c1-6-17-8(5-18-6)4-11(16)7-2-9(13)12(15)10(14)3-7/h2-3,5,11H,4,16H2,1H3. The molecule has 1 heterocycles. The zero-order chi connectivity index (χ0) is 13.3. The molecule has 1 aromatic heterocycles. The minimum Gasteiger partial charge on any atom is -0.324 e. The Kier molecular flexibility index (Phi) is 3.68. The van der Waals surface area contributed by atoms with Crippen molar-refractivity contribution in [1.29, 1.82) is 0 Å². The zero-order valence-electron chi connectivity index (χ0n) is 9.58. The minimum atomic E-state index is -1.48. The van der Waals surface area contributed by atoms with E-state index in [0.717, 1.165) is 22.8 Å². The van der Waals surface area contributed by atoms with E-state index in [2.05, 4.69) is 4.98 Å². The van der Waals surface area contributed by atoms with Crippen LogP contribution in [0.25, 0.3) is 0 Å². The summed E-state index contributed by atoms with van der Waals surface area (Å²) in [6, 6.07) is 1.22. The molecule has 2 N–H and O–H groups in total. The van der Waals surface area contributed by atoms with Gasteiger partial charge >= 0.3 is 0 Å². The Morgan fingerprint density at radius 3 is 2.39 bits per heavy atom. The summed E-state index contributed by atoms with van der Waals surface area (Å²) in [7, 11) is 0. The number of hydrogen-bond acceptors (Lipinski definition) is 3. The summed E-state index contributed by atoms with van der Waals surface area (Å²) < 4.78 is 38.9. The summed E-state index contributed by atoms with van der Waals surface area (Å²) in [4.78, 5) is 4.22. The summed E-state index contributed by atoms with van der Waals surface area (Å²) in [6.07, 6.45) is 0.356. The van der Waals surface area contributed by atoms with Gasteiger partial charge in [-0.2, -0.15) is 0 Å². The van der Waals surface area contributed by atoms with Gasteiger partial charge in [-0.15, -0.1) is 11.3 Å². The molecule has 0 spiro atoms. The third-order valence-corrected chi connectivity index (χ3v) is 3.35. The normalized spacial score (nSPS) is 12.7. The molecular weight excluding hydrogens is 261 g/mol. The van der Waals surface area contributed by atoms with Crippen LogP contribution >= 0.6 is 11.3 Å². The first kappa shape index (κ1) is 13.0. The number of nitrogens with two attached hydrogens (primary N) is 1. The second kappa shape index (κ2) is 5.07. The Bertz CT molecular complexity index is 545. The summed E-state index contributed by atoms with van der Waals surface area (Å²) in [5.41, 5.74) is 6.81. The fraction of sp³-hybridized carbons (Fsp3) is 0.250. The monoisotopic (exact) mass is 272 g/mol. The van der Waals surface area contributed by atoms with Crippen LogP contribution in [-0.2, 0) is 6.42 Å². The lowest BCUT2D eigenvalue weighted by molar-refractivity contribution is 0.443. The molecule has 2 aromatic rings. The molecule has 2 rings (SSSR count). The number of aryl methyl sites for hydroxylation is 1. The molecule has 0 bridgehead atoms. The van der Waals surface area contributed by atoms with Crippen molar-refractivity contribution in [2.75, 3.05) is 0 Å². The molecule has 0 saturated heterocycles. The first-order valence-electron chi connectivity index (χ1n) is 5.28. The van der Waals surface area contributed by atoms with Gasteiger partial charge in [0, 0.05) is 17.8 Å². The smallest absolute Gasteiger partial charge is 0.194 e. The van der Waals surface area contributed by atoms with Gasteiger partial charge in [0.2, 0.25) is 0 Å². The van der Waals surface area contributed by atoms with Crippen molar-refractivity contribution in [3.8, 4) is 0 Å². The number of thiazole rings is 1. The summed E-state index contributed by atoms with van der Waals surface area (Å²) in [5, 5.41) is 2.74. The SMILES string of the molecule is Cc1nc(CC(N)c2cc(F)c(F)c(F)c2)cs1. The first-order chi connectivity index (χ1) is 8.47. The predicted molar refractivity (Wildman–Crippen MR) is 63.8 cm³/mol. The Morgan fingerprint density at radius 2 is 1.89 bits per heavy atom. The fourth-order valence-electron chi connectivity index (χ4n) is 1.63. The van der Waals surface area contributed by atoms with Crippen LogP contribution in [0.15, 0.2) is 17.5 Å². The average Bonchev–Trinajstić information content (AvgIpc) is 2.71. The van der Waals surface area contributed by atoms with E-state index in [-0.39, 0.29) is 5.56 Å². The Balaban J connectivity index is 2.21. The topological polar surface area (TPSA) is 38.9 Å². The van der Waals surface area contributed by atoms with Gasteiger partial charge in [0.05, 0.1) is 10.7 Å². The average molecular weight is 272 g/mol. The van der Waals surface area contributed by atoms with Gasteiger partial charge in [-0.05, 0) is 24.6 Å². The zero-order valence-corrected chi connectivity index (χ0v) is 10.4. The number of benzene rings is 1. The maximum absolute atomic E-state index is 13.1. The molecule has 0 aliphatic heterocycles. The number of halogens is 3. The van der Waals surface area contributed by atoms with Gasteiger partial charge in [0.25, 0.3) is 0 Å². The highest BCUT2D eigenvalue weighted by Gasteiger charge is 2.15. The van der Waals surface area contributed by atoms with E-state index >= 15 is 0 Å². The number of rotatable bonds is 3. The Hall–Kier alpha value is -1.40. The lowest BCUT2D eigenvalue weighted by atomic mass is 10.0. The highest BCUT2D eigenvalue weighted by atomic mass is 32.1. The molecule has 0 saturated carbocycles. The van der Waals surface area contributed by atoms with Crippen LogP contribution in [0.3, 0.4) is 0 Å². The number of aromatic nitrogens is 1. The quantitative estimate of drug-likeness (QED) is 0.872. The van der Waals surface area contributed by atoms with Crippen molar-refractivity contribution in [3.63, 3.8) is 0 Å². The molecule has 0 fully saturated rings. The van der Waals surface area contributed by atoms with E-state index in [1.807, 2.05) is 12.3 Å². The van der Waals surface area contributed by atoms with Crippen LogP contribution in [0, 0.1) is 24.4 Å². The van der Waals surface area contributed by atoms with E-state index < -0.39 is 23.5 Å². The van der Waals surface area contributed by atoms with Crippen LogP contribution in [0.5, 0.6) is 0 Å². The van der Waals surface area contributed by atoms with Crippen LogP contribution in [0.4, 0.5) is 13.2 Å². The lowest BCUT2D eigenvalue weighted by Gasteiger charge is -2.11. The molecule has 0 aliphatic rings. The van der Waals surface area contributed by atoms with Crippen molar-refractivity contribution < 1.29 is 13.2 Å². The molecule has 0 aliphatic carbocycles. The predicted octanol–water partition coefficient (Wildman–Crippen LogP) is 3.11. The van der Waals surface area contributed by atoms with E-state index in [1.165, 1.54) is 11.3 Å². The molecule has 0 radical (unpaired) electrons. The molecule has 0 amide bonds. The molecule has 1 atom stereocenters. The maximum Gasteiger partial charge on any atom is 0.194 e. The van der Waals surface area contributed by atoms with Crippen molar-refractivity contribution in [1.82, 2.24) is 4.98 Å². The van der Waals surface area contributed by atoms with Gasteiger partial charge < -0.3 is 5.73 Å². The van der Waals surface area contributed by atoms with Gasteiger partial charge in [0.15, 0.2) is 17.5 Å². The first-order valence-corrected chi connectivity index (χ1v) is 6.16. The van der Waals surface area contributed by atoms with Crippen molar-refractivity contribution in [2.24, 2.45) is 5.73 Å². The molecule has 96 valence electrons. The fourth-order valence-corrected chi connectivity index (χ4v) is 2.26. The molecule has 1 unspecified atom stereocenters. The second-order valence-electron chi connectivity index (χ2n) is 3.97. The molecule has 1 aromatic carbocycles. The lowest BCUT2D eigenvalue weighted by Crippen LogP contribution is -2.14. The highest BCUT2D eigenvalue weighted by molar-refractivity contribution is 7.09. The van der Waals surface area contributed by atoms with Crippen LogP contribution < -0.4 is 5.73 Å². The molecule has 2 nitrogen and oxygen atoms in total. The highest BCUT2D eigenvalue weighted by Crippen LogP contribution is 2.21. The number of hydrogen-bond donors (Lipinski definition) is 1. The van der Waals surface area contributed by atoms with Gasteiger partial charge in [-0.3, -0.25) is 0 Å². The van der Waals surface area contributed by atoms with Crippen LogP contribution in [-0.4, -0.2) is 4.98 Å². The van der Waals surface area contributed by atoms with Gasteiger partial charge in [-0.25, -0.2) is 18.2 Å². The minimum absolute atomic E-state index is 0.219. The van der Waals surface area contributed by atoms with Gasteiger partial charge in [-0.1, -0.05) is 0 Å². The third kappa shape index (κ3) is 2.70. The maximum atomic E-state index is 13.1.